The second kappa shape index (κ2) is 9.33. The first kappa shape index (κ1) is 23.8. The standard InChI is InChI=1S/C39H23N3O/c1-2-11-25(12-3-1)37-40-38(27-19-18-24-10-4-5-13-26(24)22-27)42-39(41-37)28-20-21-30-29-14-6-7-15-31(29)35-32-16-8-9-17-34(32)43-36(35)33(30)23-28/h1-23H. The summed E-state index contributed by atoms with van der Waals surface area (Å²) < 4.78 is 6.54. The molecule has 0 amide bonds. The quantitative estimate of drug-likeness (QED) is 0.206. The molecule has 9 aromatic rings. The van der Waals surface area contributed by atoms with E-state index in [4.69, 9.17) is 19.4 Å². The summed E-state index contributed by atoms with van der Waals surface area (Å²) in [5.74, 6) is 1.90. The molecule has 200 valence electrons. The molecule has 0 bridgehead atoms. The lowest BCUT2D eigenvalue weighted by molar-refractivity contribution is 0.673. The van der Waals surface area contributed by atoms with Crippen LogP contribution >= 0.6 is 0 Å². The number of rotatable bonds is 3. The van der Waals surface area contributed by atoms with E-state index < -0.39 is 0 Å². The zero-order valence-electron chi connectivity index (χ0n) is 23.0. The molecule has 0 N–H and O–H groups in total. The molecule has 2 heterocycles. The largest absolute Gasteiger partial charge is 0.455 e. The Balaban J connectivity index is 1.32. The fourth-order valence-corrected chi connectivity index (χ4v) is 6.22. The van der Waals surface area contributed by atoms with Gasteiger partial charge in [0, 0.05) is 32.8 Å². The molecule has 0 radical (unpaired) electrons. The molecule has 0 saturated heterocycles. The minimum absolute atomic E-state index is 0.622. The van der Waals surface area contributed by atoms with Crippen molar-refractivity contribution in [3.05, 3.63) is 140 Å². The summed E-state index contributed by atoms with van der Waals surface area (Å²) in [6.07, 6.45) is 0. The molecule has 9 rings (SSSR count). The van der Waals surface area contributed by atoms with Crippen molar-refractivity contribution in [3.63, 3.8) is 0 Å². The molecule has 0 fully saturated rings. The molecule has 4 heteroatoms. The highest BCUT2D eigenvalue weighted by Gasteiger charge is 2.18. The second-order valence-corrected chi connectivity index (χ2v) is 10.8. The van der Waals surface area contributed by atoms with Crippen LogP contribution in [0.2, 0.25) is 0 Å². The number of nitrogens with zero attached hydrogens (tertiary/aromatic N) is 3. The Bertz CT molecular complexity index is 2510. The molecule has 4 nitrogen and oxygen atoms in total. The van der Waals surface area contributed by atoms with Gasteiger partial charge in [0.1, 0.15) is 11.2 Å². The van der Waals surface area contributed by atoms with Gasteiger partial charge in [-0.05, 0) is 45.1 Å². The molecule has 0 aliphatic heterocycles. The number of furan rings is 1. The van der Waals surface area contributed by atoms with Crippen LogP contribution in [0.5, 0.6) is 0 Å². The number of aromatic nitrogens is 3. The monoisotopic (exact) mass is 549 g/mol. The van der Waals surface area contributed by atoms with E-state index >= 15 is 0 Å². The summed E-state index contributed by atoms with van der Waals surface area (Å²) in [5.41, 5.74) is 4.56. The Labute approximate surface area is 246 Å². The fraction of sp³-hybridized carbons (Fsp3) is 0. The van der Waals surface area contributed by atoms with E-state index in [-0.39, 0.29) is 0 Å². The topological polar surface area (TPSA) is 51.8 Å². The zero-order valence-corrected chi connectivity index (χ0v) is 23.0. The lowest BCUT2D eigenvalue weighted by Gasteiger charge is -2.11. The molecular weight excluding hydrogens is 526 g/mol. The molecule has 43 heavy (non-hydrogen) atoms. The Kier molecular flexibility index (Phi) is 5.16. The maximum absolute atomic E-state index is 6.54. The van der Waals surface area contributed by atoms with Crippen molar-refractivity contribution in [2.75, 3.05) is 0 Å². The Morgan fingerprint density at radius 2 is 0.953 bits per heavy atom. The van der Waals surface area contributed by atoms with E-state index in [1.807, 2.05) is 42.5 Å². The molecule has 0 aliphatic rings. The van der Waals surface area contributed by atoms with Crippen molar-refractivity contribution in [2.45, 2.75) is 0 Å². The van der Waals surface area contributed by atoms with Crippen LogP contribution in [0.1, 0.15) is 0 Å². The molecule has 7 aromatic carbocycles. The average molecular weight is 550 g/mol. The van der Waals surface area contributed by atoms with E-state index in [9.17, 15) is 0 Å². The number of hydrogen-bond donors (Lipinski definition) is 0. The molecule has 2 aromatic heterocycles. The van der Waals surface area contributed by atoms with Gasteiger partial charge in [0.25, 0.3) is 0 Å². The molecular formula is C39H23N3O. The van der Waals surface area contributed by atoms with Crippen molar-refractivity contribution in [1.82, 2.24) is 15.0 Å². The van der Waals surface area contributed by atoms with Gasteiger partial charge in [-0.25, -0.2) is 15.0 Å². The highest BCUT2D eigenvalue weighted by atomic mass is 16.3. The van der Waals surface area contributed by atoms with Crippen molar-refractivity contribution < 1.29 is 4.42 Å². The average Bonchev–Trinajstić information content (AvgIpc) is 3.48. The molecule has 0 aliphatic carbocycles. The minimum Gasteiger partial charge on any atom is -0.455 e. The summed E-state index contributed by atoms with van der Waals surface area (Å²) >= 11 is 0. The third-order valence-electron chi connectivity index (χ3n) is 8.28. The van der Waals surface area contributed by atoms with Crippen LogP contribution in [0.4, 0.5) is 0 Å². The number of fused-ring (bicyclic) bond motifs is 9. The van der Waals surface area contributed by atoms with Crippen LogP contribution in [-0.2, 0) is 0 Å². The first-order valence-electron chi connectivity index (χ1n) is 14.4. The summed E-state index contributed by atoms with van der Waals surface area (Å²) in [6, 6.07) is 48.0. The van der Waals surface area contributed by atoms with Gasteiger partial charge in [0.15, 0.2) is 17.5 Å². The fourth-order valence-electron chi connectivity index (χ4n) is 6.22. The van der Waals surface area contributed by atoms with Crippen molar-refractivity contribution in [1.29, 1.82) is 0 Å². The highest BCUT2D eigenvalue weighted by Crippen LogP contribution is 2.41. The van der Waals surface area contributed by atoms with Gasteiger partial charge in [0.2, 0.25) is 0 Å². The van der Waals surface area contributed by atoms with Gasteiger partial charge in [-0.3, -0.25) is 0 Å². The van der Waals surface area contributed by atoms with Gasteiger partial charge in [-0.2, -0.15) is 0 Å². The molecule has 0 atom stereocenters. The normalized spacial score (nSPS) is 11.7. The van der Waals surface area contributed by atoms with Gasteiger partial charge >= 0.3 is 0 Å². The van der Waals surface area contributed by atoms with Crippen LogP contribution < -0.4 is 0 Å². The molecule has 0 spiro atoms. The van der Waals surface area contributed by atoms with Crippen molar-refractivity contribution >= 4 is 54.3 Å². The molecule has 0 unspecified atom stereocenters. The summed E-state index contributed by atoms with van der Waals surface area (Å²) in [5, 5.41) is 9.13. The van der Waals surface area contributed by atoms with Crippen LogP contribution in [0.3, 0.4) is 0 Å². The van der Waals surface area contributed by atoms with E-state index in [1.165, 1.54) is 16.2 Å². The van der Waals surface area contributed by atoms with Crippen LogP contribution in [0.15, 0.2) is 144 Å². The lowest BCUT2D eigenvalue weighted by Crippen LogP contribution is -2.00. The summed E-state index contributed by atoms with van der Waals surface area (Å²) in [6.45, 7) is 0. The van der Waals surface area contributed by atoms with E-state index in [1.54, 1.807) is 0 Å². The summed E-state index contributed by atoms with van der Waals surface area (Å²) in [4.78, 5) is 15.0. The van der Waals surface area contributed by atoms with Gasteiger partial charge in [0.05, 0.1) is 0 Å². The Morgan fingerprint density at radius 3 is 1.77 bits per heavy atom. The SMILES string of the molecule is c1ccc(-c2nc(-c3ccc4ccccc4c3)nc(-c3ccc4c5ccccc5c5c6ccccc6oc5c4c3)n2)cc1. The van der Waals surface area contributed by atoms with E-state index in [2.05, 4.69) is 97.1 Å². The third-order valence-corrected chi connectivity index (χ3v) is 8.28. The summed E-state index contributed by atoms with van der Waals surface area (Å²) in [7, 11) is 0. The predicted octanol–water partition coefficient (Wildman–Crippen LogP) is 10.2. The Hall–Kier alpha value is -5.87. The maximum Gasteiger partial charge on any atom is 0.164 e. The third kappa shape index (κ3) is 3.81. The highest BCUT2D eigenvalue weighted by molar-refractivity contribution is 6.30. The van der Waals surface area contributed by atoms with Crippen LogP contribution in [0, 0.1) is 0 Å². The van der Waals surface area contributed by atoms with Crippen LogP contribution in [0.25, 0.3) is 88.4 Å². The lowest BCUT2D eigenvalue weighted by atomic mass is 9.95. The number of hydrogen-bond acceptors (Lipinski definition) is 4. The minimum atomic E-state index is 0.622. The smallest absolute Gasteiger partial charge is 0.164 e. The number of benzene rings is 7. The second-order valence-electron chi connectivity index (χ2n) is 10.8. The van der Waals surface area contributed by atoms with Crippen molar-refractivity contribution in [2.24, 2.45) is 0 Å². The van der Waals surface area contributed by atoms with E-state index in [0.717, 1.165) is 54.8 Å². The zero-order chi connectivity index (χ0) is 28.3. The number of para-hydroxylation sites is 1. The predicted molar refractivity (Wildman–Crippen MR) is 176 cm³/mol. The first-order valence-corrected chi connectivity index (χ1v) is 14.4. The Morgan fingerprint density at radius 1 is 0.372 bits per heavy atom. The maximum atomic E-state index is 6.54. The van der Waals surface area contributed by atoms with Gasteiger partial charge in [-0.15, -0.1) is 0 Å². The van der Waals surface area contributed by atoms with Crippen molar-refractivity contribution in [3.8, 4) is 34.2 Å². The first-order chi connectivity index (χ1) is 21.3. The van der Waals surface area contributed by atoms with E-state index in [0.29, 0.717) is 17.5 Å². The van der Waals surface area contributed by atoms with Crippen LogP contribution in [-0.4, -0.2) is 15.0 Å². The molecule has 0 saturated carbocycles. The van der Waals surface area contributed by atoms with Gasteiger partial charge in [-0.1, -0.05) is 121 Å². The van der Waals surface area contributed by atoms with Gasteiger partial charge < -0.3 is 4.42 Å².